The van der Waals surface area contributed by atoms with Crippen molar-refractivity contribution in [1.82, 2.24) is 4.57 Å². The fraction of sp³-hybridized carbons (Fsp3) is 0.167. The second kappa shape index (κ2) is 8.10. The topological polar surface area (TPSA) is 44.2 Å². The molecule has 1 aliphatic heterocycles. The third kappa shape index (κ3) is 3.64. The van der Waals surface area contributed by atoms with Crippen LogP contribution in [0, 0.1) is 0 Å². The minimum atomic E-state index is -0.124. The molecule has 0 saturated heterocycles. The summed E-state index contributed by atoms with van der Waals surface area (Å²) < 4.78 is 4.41. The van der Waals surface area contributed by atoms with Gasteiger partial charge in [-0.25, -0.2) is 9.13 Å². The first-order chi connectivity index (χ1) is 13.8. The van der Waals surface area contributed by atoms with Crippen LogP contribution in [0.4, 0.5) is 5.69 Å². The number of aromatic nitrogens is 2. The first-order valence-corrected chi connectivity index (χ1v) is 9.69. The van der Waals surface area contributed by atoms with E-state index in [4.69, 9.17) is 0 Å². The predicted octanol–water partition coefficient (Wildman–Crippen LogP) is 4.05. The average Bonchev–Trinajstić information content (AvgIpc) is 3.33. The van der Waals surface area contributed by atoms with Crippen LogP contribution in [0.3, 0.4) is 0 Å². The van der Waals surface area contributed by atoms with E-state index in [1.807, 2.05) is 48.5 Å². The van der Waals surface area contributed by atoms with Gasteiger partial charge in [-0.05, 0) is 17.9 Å². The first kappa shape index (κ1) is 19.2. The summed E-state index contributed by atoms with van der Waals surface area (Å²) in [4.78, 5) is 4.42. The minimum Gasteiger partial charge on any atom is -0.859 e. The molecule has 1 aromatic heterocycles. The van der Waals surface area contributed by atoms with Gasteiger partial charge < -0.3 is 5.11 Å². The van der Waals surface area contributed by atoms with Crippen molar-refractivity contribution in [2.75, 3.05) is 0 Å². The lowest BCUT2D eigenvalue weighted by molar-refractivity contribution is -0.693. The van der Waals surface area contributed by atoms with Gasteiger partial charge in [0.25, 0.3) is 5.82 Å². The second-order valence-corrected chi connectivity index (χ2v) is 7.18. The Balaban J connectivity index is 0.00000205. The van der Waals surface area contributed by atoms with Crippen molar-refractivity contribution < 1.29 is 9.67 Å². The molecule has 4 nitrogen and oxygen atoms in total. The van der Waals surface area contributed by atoms with Gasteiger partial charge in [-0.3, -0.25) is 4.99 Å². The fourth-order valence-electron chi connectivity index (χ4n) is 4.11. The monoisotopic (exact) mass is 403 g/mol. The van der Waals surface area contributed by atoms with Crippen LogP contribution in [0.1, 0.15) is 12.2 Å². The molecule has 0 fully saturated rings. The molecule has 29 heavy (non-hydrogen) atoms. The number of benzene rings is 3. The predicted molar refractivity (Wildman–Crippen MR) is 117 cm³/mol. The Morgan fingerprint density at radius 1 is 0.966 bits per heavy atom. The van der Waals surface area contributed by atoms with E-state index in [2.05, 4.69) is 44.6 Å². The van der Waals surface area contributed by atoms with Crippen molar-refractivity contribution in [3.63, 3.8) is 0 Å². The highest BCUT2D eigenvalue weighted by Gasteiger charge is 2.28. The van der Waals surface area contributed by atoms with Crippen molar-refractivity contribution in [2.24, 2.45) is 4.99 Å². The van der Waals surface area contributed by atoms with Gasteiger partial charge in [0.15, 0.2) is 5.69 Å². The molecule has 1 aliphatic rings. The zero-order valence-corrected chi connectivity index (χ0v) is 16.8. The standard InChI is InChI=1S/C24H21N3O.ClH/c28-23(25-21-13-6-11-18-8-4-5-12-20(18)21)17-26-16-22(19-9-2-1-3-10-19)27-15-7-14-24(26)27;/h1-6,8-13,16H,7,14-15,17H2;1H. The van der Waals surface area contributed by atoms with Gasteiger partial charge in [0.2, 0.25) is 0 Å². The molecule has 4 aromatic rings. The maximum Gasteiger partial charge on any atom is 0.257 e. The zero-order chi connectivity index (χ0) is 18.9. The van der Waals surface area contributed by atoms with Crippen molar-refractivity contribution in [3.8, 4) is 11.3 Å². The van der Waals surface area contributed by atoms with E-state index in [0.717, 1.165) is 35.8 Å². The molecule has 3 aromatic carbocycles. The summed E-state index contributed by atoms with van der Waals surface area (Å²) in [6.45, 7) is 1.27. The van der Waals surface area contributed by atoms with E-state index in [0.29, 0.717) is 0 Å². The molecule has 0 radical (unpaired) electrons. The van der Waals surface area contributed by atoms with E-state index in [1.165, 1.54) is 17.1 Å². The number of halogens is 1. The molecule has 146 valence electrons. The summed E-state index contributed by atoms with van der Waals surface area (Å²) in [6.07, 6.45) is 4.21. The number of hydrogen-bond acceptors (Lipinski definition) is 2. The van der Waals surface area contributed by atoms with Gasteiger partial charge in [-0.15, -0.1) is 12.4 Å². The molecule has 0 saturated carbocycles. The number of nitrogens with zero attached hydrogens (tertiary/aromatic N) is 3. The Labute approximate surface area is 176 Å². The molecule has 5 heteroatoms. The van der Waals surface area contributed by atoms with E-state index >= 15 is 0 Å². The van der Waals surface area contributed by atoms with Crippen molar-refractivity contribution in [1.29, 1.82) is 0 Å². The molecule has 0 bridgehead atoms. The summed E-state index contributed by atoms with van der Waals surface area (Å²) in [6, 6.07) is 24.3. The highest BCUT2D eigenvalue weighted by molar-refractivity contribution is 5.94. The number of fused-ring (bicyclic) bond motifs is 2. The summed E-state index contributed by atoms with van der Waals surface area (Å²) in [5.41, 5.74) is 3.09. The number of aliphatic imine (C=N–C) groups is 1. The lowest BCUT2D eigenvalue weighted by Crippen LogP contribution is -2.43. The normalized spacial score (nSPS) is 13.3. The third-order valence-electron chi connectivity index (χ3n) is 5.38. The van der Waals surface area contributed by atoms with Crippen LogP contribution in [0.2, 0.25) is 0 Å². The van der Waals surface area contributed by atoms with Gasteiger partial charge in [-0.1, -0.05) is 66.7 Å². The molecule has 0 aliphatic carbocycles. The average molecular weight is 404 g/mol. The molecule has 0 spiro atoms. The first-order valence-electron chi connectivity index (χ1n) is 9.69. The van der Waals surface area contributed by atoms with Crippen LogP contribution in [0.25, 0.3) is 22.0 Å². The van der Waals surface area contributed by atoms with Crippen LogP contribution in [-0.2, 0) is 19.5 Å². The molecule has 0 N–H and O–H groups in total. The lowest BCUT2D eigenvalue weighted by Gasteiger charge is -2.10. The highest BCUT2D eigenvalue weighted by Crippen LogP contribution is 2.26. The van der Waals surface area contributed by atoms with E-state index in [1.54, 1.807) is 0 Å². The Morgan fingerprint density at radius 2 is 1.72 bits per heavy atom. The molecular weight excluding hydrogens is 382 g/mol. The van der Waals surface area contributed by atoms with Crippen molar-refractivity contribution in [2.45, 2.75) is 25.9 Å². The van der Waals surface area contributed by atoms with Crippen LogP contribution in [0.15, 0.2) is 84.0 Å². The van der Waals surface area contributed by atoms with Crippen molar-refractivity contribution >= 4 is 34.8 Å². The van der Waals surface area contributed by atoms with Gasteiger partial charge in [0, 0.05) is 16.8 Å². The summed E-state index contributed by atoms with van der Waals surface area (Å²) >= 11 is 0. The number of hydrogen-bond donors (Lipinski definition) is 0. The summed E-state index contributed by atoms with van der Waals surface area (Å²) in [5.74, 6) is 1.08. The molecule has 5 rings (SSSR count). The maximum absolute atomic E-state index is 12.8. The highest BCUT2D eigenvalue weighted by atomic mass is 35.5. The van der Waals surface area contributed by atoms with E-state index in [-0.39, 0.29) is 24.8 Å². The van der Waals surface area contributed by atoms with Gasteiger partial charge in [-0.2, -0.15) is 0 Å². The quantitative estimate of drug-likeness (QED) is 0.288. The molecule has 2 heterocycles. The Kier molecular flexibility index (Phi) is 5.36. The van der Waals surface area contributed by atoms with E-state index in [9.17, 15) is 5.11 Å². The molecule has 0 atom stereocenters. The van der Waals surface area contributed by atoms with Crippen molar-refractivity contribution in [3.05, 3.63) is 84.8 Å². The van der Waals surface area contributed by atoms with Gasteiger partial charge in [0.05, 0.1) is 18.7 Å². The summed E-state index contributed by atoms with van der Waals surface area (Å²) in [7, 11) is 0. The SMILES string of the molecule is Cl.[O-]C(C[n+]1cc(-c2ccccc2)n2c1CCC2)=Nc1cccc2ccccc12. The molecular formula is C24H22ClN3O. The van der Waals surface area contributed by atoms with Gasteiger partial charge >= 0.3 is 0 Å². The smallest absolute Gasteiger partial charge is 0.257 e. The lowest BCUT2D eigenvalue weighted by atomic mass is 10.1. The maximum atomic E-state index is 12.8. The minimum absolute atomic E-state index is 0. The zero-order valence-electron chi connectivity index (χ0n) is 16.0. The summed E-state index contributed by atoms with van der Waals surface area (Å²) in [5, 5.41) is 14.9. The Hall–Kier alpha value is -3.11. The van der Waals surface area contributed by atoms with Gasteiger partial charge in [0.1, 0.15) is 12.7 Å². The number of rotatable bonds is 4. The van der Waals surface area contributed by atoms with Crippen LogP contribution in [0.5, 0.6) is 0 Å². The van der Waals surface area contributed by atoms with Crippen LogP contribution in [-0.4, -0.2) is 10.5 Å². The fourth-order valence-corrected chi connectivity index (χ4v) is 4.11. The second-order valence-electron chi connectivity index (χ2n) is 7.18. The van der Waals surface area contributed by atoms with Crippen LogP contribution < -0.4 is 9.67 Å². The molecule has 0 unspecified atom stereocenters. The third-order valence-corrected chi connectivity index (χ3v) is 5.38. The Morgan fingerprint density at radius 3 is 2.59 bits per heavy atom. The van der Waals surface area contributed by atoms with E-state index < -0.39 is 0 Å². The Bertz CT molecular complexity index is 1180. The van der Waals surface area contributed by atoms with Crippen LogP contribution >= 0.6 is 12.4 Å². The number of imidazole rings is 1. The molecule has 0 amide bonds. The largest absolute Gasteiger partial charge is 0.859 e.